The van der Waals surface area contributed by atoms with Crippen LogP contribution in [0, 0.1) is 0 Å². The standard InChI is InChI=1S/C28H41N3O/c1-5-12-23-14-8-9-15-24(23)22-29-19-18-28(7-3)27-16-10-11-20-31(27)26(13-6-2)25(30-28)17-21-32-4/h5,10-13,16-17,22,29-30H,1,6-9,14-15,18-21H2,2-4H3/b23-12-,24-22+,25-17+,26-13+. The van der Waals surface area contributed by atoms with Gasteiger partial charge < -0.3 is 20.3 Å². The van der Waals surface area contributed by atoms with Crippen molar-refractivity contribution in [1.82, 2.24) is 15.5 Å². The Balaban J connectivity index is 1.80. The maximum absolute atomic E-state index is 5.38. The van der Waals surface area contributed by atoms with Gasteiger partial charge >= 0.3 is 0 Å². The second-order valence-electron chi connectivity index (χ2n) is 8.73. The van der Waals surface area contributed by atoms with E-state index in [-0.39, 0.29) is 5.54 Å². The summed E-state index contributed by atoms with van der Waals surface area (Å²) in [6.45, 7) is 10.8. The molecule has 0 aromatic heterocycles. The highest BCUT2D eigenvalue weighted by Gasteiger charge is 2.42. The number of ether oxygens (including phenoxy) is 1. The molecule has 2 heterocycles. The lowest BCUT2D eigenvalue weighted by Crippen LogP contribution is -2.57. The molecule has 0 radical (unpaired) electrons. The topological polar surface area (TPSA) is 36.5 Å². The van der Waals surface area contributed by atoms with Crippen LogP contribution in [0.2, 0.25) is 0 Å². The van der Waals surface area contributed by atoms with Crippen molar-refractivity contribution in [3.05, 3.63) is 83.5 Å². The van der Waals surface area contributed by atoms with Gasteiger partial charge in [0, 0.05) is 25.9 Å². The maximum Gasteiger partial charge on any atom is 0.0790 e. The summed E-state index contributed by atoms with van der Waals surface area (Å²) in [4.78, 5) is 2.48. The molecule has 32 heavy (non-hydrogen) atoms. The number of piperazine rings is 1. The van der Waals surface area contributed by atoms with Gasteiger partial charge in [-0.3, -0.25) is 0 Å². The van der Waals surface area contributed by atoms with Crippen molar-refractivity contribution in [2.45, 2.75) is 64.3 Å². The third kappa shape index (κ3) is 5.47. The fourth-order valence-electron chi connectivity index (χ4n) is 4.99. The Labute approximate surface area is 195 Å². The first-order valence-corrected chi connectivity index (χ1v) is 12.3. The molecule has 1 saturated heterocycles. The molecule has 4 heteroatoms. The molecular formula is C28H41N3O. The van der Waals surface area contributed by atoms with Gasteiger partial charge in [-0.1, -0.05) is 50.8 Å². The molecule has 1 aliphatic carbocycles. The van der Waals surface area contributed by atoms with Crippen LogP contribution in [0.1, 0.15) is 58.8 Å². The van der Waals surface area contributed by atoms with Crippen molar-refractivity contribution < 1.29 is 4.74 Å². The zero-order valence-electron chi connectivity index (χ0n) is 20.3. The number of fused-ring (bicyclic) bond motifs is 1. The van der Waals surface area contributed by atoms with Gasteiger partial charge in [-0.25, -0.2) is 0 Å². The number of methoxy groups -OCH3 is 1. The Morgan fingerprint density at radius 1 is 1.22 bits per heavy atom. The van der Waals surface area contributed by atoms with Crippen LogP contribution >= 0.6 is 0 Å². The number of allylic oxidation sites excluding steroid dienone is 7. The van der Waals surface area contributed by atoms with E-state index in [4.69, 9.17) is 4.74 Å². The molecule has 0 aromatic rings. The molecule has 2 fully saturated rings. The van der Waals surface area contributed by atoms with Crippen LogP contribution in [-0.2, 0) is 4.74 Å². The molecular weight excluding hydrogens is 394 g/mol. The van der Waals surface area contributed by atoms with Crippen LogP contribution in [0.25, 0.3) is 0 Å². The van der Waals surface area contributed by atoms with Crippen molar-refractivity contribution in [2.75, 3.05) is 26.8 Å². The Bertz CT molecular complexity index is 843. The van der Waals surface area contributed by atoms with Crippen molar-refractivity contribution in [2.24, 2.45) is 0 Å². The molecule has 2 aliphatic heterocycles. The molecule has 1 atom stereocenters. The summed E-state index contributed by atoms with van der Waals surface area (Å²) in [7, 11) is 1.75. The summed E-state index contributed by atoms with van der Waals surface area (Å²) in [5, 5.41) is 7.58. The first-order chi connectivity index (χ1) is 15.7. The molecule has 0 aromatic carbocycles. The molecule has 4 nitrogen and oxygen atoms in total. The van der Waals surface area contributed by atoms with E-state index in [1.54, 1.807) is 7.11 Å². The summed E-state index contributed by atoms with van der Waals surface area (Å²) in [6.07, 6.45) is 25.5. The summed E-state index contributed by atoms with van der Waals surface area (Å²) < 4.78 is 5.38. The molecule has 3 rings (SSSR count). The van der Waals surface area contributed by atoms with E-state index in [0.717, 1.165) is 45.2 Å². The Morgan fingerprint density at radius 3 is 2.75 bits per heavy atom. The van der Waals surface area contributed by atoms with E-state index < -0.39 is 0 Å². The van der Waals surface area contributed by atoms with Crippen molar-refractivity contribution >= 4 is 0 Å². The predicted molar refractivity (Wildman–Crippen MR) is 136 cm³/mol. The minimum Gasteiger partial charge on any atom is -0.391 e. The minimum atomic E-state index is -0.104. The number of hydrogen-bond donors (Lipinski definition) is 2. The highest BCUT2D eigenvalue weighted by Crippen LogP contribution is 2.39. The monoisotopic (exact) mass is 435 g/mol. The van der Waals surface area contributed by atoms with Gasteiger partial charge in [0.1, 0.15) is 0 Å². The fourth-order valence-corrected chi connectivity index (χ4v) is 4.99. The van der Waals surface area contributed by atoms with Gasteiger partial charge in [0.25, 0.3) is 0 Å². The van der Waals surface area contributed by atoms with Gasteiger partial charge in [-0.15, -0.1) is 0 Å². The summed E-state index contributed by atoms with van der Waals surface area (Å²) in [5.74, 6) is 0. The number of nitrogens with one attached hydrogen (secondary N) is 2. The second-order valence-corrected chi connectivity index (χ2v) is 8.73. The molecule has 3 aliphatic rings. The van der Waals surface area contributed by atoms with Crippen LogP contribution in [0.15, 0.2) is 83.5 Å². The first kappa shape index (κ1) is 24.2. The lowest BCUT2D eigenvalue weighted by atomic mass is 9.82. The van der Waals surface area contributed by atoms with Crippen molar-refractivity contribution in [3.8, 4) is 0 Å². The second kappa shape index (κ2) is 12.0. The first-order valence-electron chi connectivity index (χ1n) is 12.3. The summed E-state index contributed by atoms with van der Waals surface area (Å²) >= 11 is 0. The van der Waals surface area contributed by atoms with E-state index in [1.807, 2.05) is 6.08 Å². The zero-order chi connectivity index (χ0) is 22.8. The van der Waals surface area contributed by atoms with E-state index in [1.165, 1.54) is 41.1 Å². The maximum atomic E-state index is 5.38. The average Bonchev–Trinajstić information content (AvgIpc) is 2.83. The Morgan fingerprint density at radius 2 is 2.03 bits per heavy atom. The molecule has 1 saturated carbocycles. The minimum absolute atomic E-state index is 0.104. The van der Waals surface area contributed by atoms with E-state index in [2.05, 4.69) is 78.6 Å². The predicted octanol–water partition coefficient (Wildman–Crippen LogP) is 5.87. The lowest BCUT2D eigenvalue weighted by molar-refractivity contribution is 0.226. The molecule has 0 spiro atoms. The van der Waals surface area contributed by atoms with Crippen molar-refractivity contribution in [1.29, 1.82) is 0 Å². The largest absolute Gasteiger partial charge is 0.391 e. The molecule has 2 N–H and O–H groups in total. The molecule has 0 bridgehead atoms. The van der Waals surface area contributed by atoms with Crippen LogP contribution in [-0.4, -0.2) is 37.2 Å². The Hall–Kier alpha value is -2.46. The highest BCUT2D eigenvalue weighted by molar-refractivity contribution is 5.45. The van der Waals surface area contributed by atoms with Crippen molar-refractivity contribution in [3.63, 3.8) is 0 Å². The van der Waals surface area contributed by atoms with Gasteiger partial charge in [-0.2, -0.15) is 0 Å². The van der Waals surface area contributed by atoms with Crippen LogP contribution in [0.4, 0.5) is 0 Å². The lowest BCUT2D eigenvalue weighted by Gasteiger charge is -2.50. The van der Waals surface area contributed by atoms with Crippen LogP contribution in [0.3, 0.4) is 0 Å². The SMILES string of the molecule is C=C/C=C1/CCCC/C1=C\NCCC1(CC)NC(=C/COC)/C(=C\CC)N2CC=CC=C21. The zero-order valence-corrected chi connectivity index (χ0v) is 20.3. The molecule has 174 valence electrons. The molecule has 1 unspecified atom stereocenters. The van der Waals surface area contributed by atoms with E-state index in [0.29, 0.717) is 6.61 Å². The average molecular weight is 436 g/mol. The third-order valence-electron chi connectivity index (χ3n) is 6.70. The summed E-state index contributed by atoms with van der Waals surface area (Å²) in [6, 6.07) is 0. The number of rotatable bonds is 9. The number of hydrogen-bond acceptors (Lipinski definition) is 4. The smallest absolute Gasteiger partial charge is 0.0790 e. The van der Waals surface area contributed by atoms with E-state index in [9.17, 15) is 0 Å². The van der Waals surface area contributed by atoms with Gasteiger partial charge in [-0.05, 0) is 74.4 Å². The van der Waals surface area contributed by atoms with Gasteiger partial charge in [0.2, 0.25) is 0 Å². The summed E-state index contributed by atoms with van der Waals surface area (Å²) in [5.41, 5.74) is 6.59. The number of nitrogens with zero attached hydrogens (tertiary/aromatic N) is 1. The Kier molecular flexibility index (Phi) is 9.04. The van der Waals surface area contributed by atoms with Gasteiger partial charge in [0.05, 0.1) is 23.5 Å². The quantitative estimate of drug-likeness (QED) is 0.444. The van der Waals surface area contributed by atoms with Gasteiger partial charge in [0.15, 0.2) is 0 Å². The third-order valence-corrected chi connectivity index (χ3v) is 6.70. The molecule has 0 amide bonds. The fraction of sp³-hybridized carbons (Fsp3) is 0.500. The van der Waals surface area contributed by atoms with Crippen LogP contribution in [0.5, 0.6) is 0 Å². The van der Waals surface area contributed by atoms with Crippen LogP contribution < -0.4 is 10.6 Å². The van der Waals surface area contributed by atoms with E-state index >= 15 is 0 Å². The normalized spacial score (nSPS) is 28.1. The highest BCUT2D eigenvalue weighted by atomic mass is 16.5.